The van der Waals surface area contributed by atoms with Gasteiger partial charge in [0.15, 0.2) is 11.6 Å². The van der Waals surface area contributed by atoms with Crippen LogP contribution in [0.3, 0.4) is 0 Å². The average molecular weight is 410 g/mol. The van der Waals surface area contributed by atoms with Crippen molar-refractivity contribution >= 4 is 23.5 Å². The minimum atomic E-state index is -0.392. The maximum absolute atomic E-state index is 12.1. The average Bonchev–Trinajstić information content (AvgIpc) is 2.79. The van der Waals surface area contributed by atoms with Crippen LogP contribution < -0.4 is 0 Å². The van der Waals surface area contributed by atoms with Gasteiger partial charge in [0.1, 0.15) is 0 Å². The number of carbonyl (C=O) groups is 4. The Bertz CT molecular complexity index is 805. The van der Waals surface area contributed by atoms with Crippen LogP contribution in [-0.4, -0.2) is 37.7 Å². The number of aryl methyl sites for hydroxylation is 2. The third-order valence-electron chi connectivity index (χ3n) is 4.82. The molecule has 0 radical (unpaired) electrons. The summed E-state index contributed by atoms with van der Waals surface area (Å²) in [6.07, 6.45) is 2.03. The van der Waals surface area contributed by atoms with Crippen LogP contribution in [0.5, 0.6) is 0 Å². The van der Waals surface area contributed by atoms with Gasteiger partial charge in [-0.25, -0.2) is 0 Å². The number of methoxy groups -OCH3 is 2. The van der Waals surface area contributed by atoms with Crippen molar-refractivity contribution in [1.29, 1.82) is 0 Å². The normalized spacial score (nSPS) is 10.3. The lowest BCUT2D eigenvalue weighted by atomic mass is 9.99. The Morgan fingerprint density at radius 3 is 1.20 bits per heavy atom. The van der Waals surface area contributed by atoms with Gasteiger partial charge in [-0.15, -0.1) is 0 Å². The summed E-state index contributed by atoms with van der Waals surface area (Å²) in [5.74, 6) is -0.953. The molecule has 0 aliphatic heterocycles. The molecular formula is C24H26O6. The number of esters is 2. The molecule has 0 spiro atoms. The van der Waals surface area contributed by atoms with Crippen LogP contribution >= 0.6 is 0 Å². The number of hydrogen-bond donors (Lipinski definition) is 0. The van der Waals surface area contributed by atoms with E-state index in [1.165, 1.54) is 14.2 Å². The minimum Gasteiger partial charge on any atom is -0.469 e. The smallest absolute Gasteiger partial charge is 0.305 e. The molecule has 158 valence electrons. The fourth-order valence-electron chi connectivity index (χ4n) is 2.93. The second-order valence-corrected chi connectivity index (χ2v) is 6.89. The van der Waals surface area contributed by atoms with E-state index in [1.54, 1.807) is 24.3 Å². The fraction of sp³-hybridized carbons (Fsp3) is 0.333. The molecule has 0 atom stereocenters. The Labute approximate surface area is 176 Å². The summed E-state index contributed by atoms with van der Waals surface area (Å²) in [5.41, 5.74) is 3.35. The highest BCUT2D eigenvalue weighted by atomic mass is 16.5. The highest BCUT2D eigenvalue weighted by Crippen LogP contribution is 2.13. The topological polar surface area (TPSA) is 86.7 Å². The number of rotatable bonds is 11. The van der Waals surface area contributed by atoms with E-state index >= 15 is 0 Å². The molecular weight excluding hydrogens is 384 g/mol. The van der Waals surface area contributed by atoms with Gasteiger partial charge >= 0.3 is 11.9 Å². The zero-order valence-corrected chi connectivity index (χ0v) is 17.3. The van der Waals surface area contributed by atoms with Crippen LogP contribution in [0.15, 0.2) is 48.5 Å². The lowest BCUT2D eigenvalue weighted by molar-refractivity contribution is -0.141. The molecule has 0 aliphatic rings. The third kappa shape index (κ3) is 7.28. The molecule has 0 unspecified atom stereocenters. The molecule has 0 saturated carbocycles. The van der Waals surface area contributed by atoms with Crippen molar-refractivity contribution in [2.45, 2.75) is 38.5 Å². The molecule has 2 rings (SSSR count). The molecule has 0 amide bonds. The van der Waals surface area contributed by atoms with Gasteiger partial charge in [-0.1, -0.05) is 48.5 Å². The van der Waals surface area contributed by atoms with E-state index in [9.17, 15) is 19.2 Å². The van der Waals surface area contributed by atoms with Crippen molar-refractivity contribution < 1.29 is 28.7 Å². The zero-order chi connectivity index (χ0) is 21.9. The van der Waals surface area contributed by atoms with Crippen molar-refractivity contribution in [1.82, 2.24) is 0 Å². The van der Waals surface area contributed by atoms with Crippen molar-refractivity contribution in [2.75, 3.05) is 14.2 Å². The first-order valence-electron chi connectivity index (χ1n) is 9.81. The molecule has 2 aromatic rings. The van der Waals surface area contributed by atoms with Gasteiger partial charge < -0.3 is 9.47 Å². The molecule has 6 nitrogen and oxygen atoms in total. The molecule has 0 bridgehead atoms. The highest BCUT2D eigenvalue weighted by molar-refractivity contribution is 5.98. The number of hydrogen-bond acceptors (Lipinski definition) is 6. The number of Topliss-reactive ketones (excluding diaryl/α,β-unsaturated/α-hetero) is 2. The van der Waals surface area contributed by atoms with E-state index in [2.05, 4.69) is 9.47 Å². The SMILES string of the molecule is COC(=O)CCC(=O)c1ccc(CCc2ccc(C(=O)CCC(=O)OC)cc2)cc1. The molecule has 0 aromatic heterocycles. The largest absolute Gasteiger partial charge is 0.469 e. The van der Waals surface area contributed by atoms with Gasteiger partial charge in [0.05, 0.1) is 27.1 Å². The first-order chi connectivity index (χ1) is 14.4. The maximum atomic E-state index is 12.1. The van der Waals surface area contributed by atoms with E-state index in [0.29, 0.717) is 11.1 Å². The first-order valence-corrected chi connectivity index (χ1v) is 9.81. The lowest BCUT2D eigenvalue weighted by Gasteiger charge is -2.06. The first kappa shape index (κ1) is 23.0. The highest BCUT2D eigenvalue weighted by Gasteiger charge is 2.11. The molecule has 0 heterocycles. The van der Waals surface area contributed by atoms with Crippen LogP contribution in [0, 0.1) is 0 Å². The molecule has 0 N–H and O–H groups in total. The van der Waals surface area contributed by atoms with Gasteiger partial charge in [-0.3, -0.25) is 19.2 Å². The number of ether oxygens (including phenoxy) is 2. The van der Waals surface area contributed by atoms with Gasteiger partial charge in [-0.2, -0.15) is 0 Å². The van der Waals surface area contributed by atoms with E-state index in [-0.39, 0.29) is 37.2 Å². The Morgan fingerprint density at radius 2 is 0.900 bits per heavy atom. The monoisotopic (exact) mass is 410 g/mol. The summed E-state index contributed by atoms with van der Waals surface area (Å²) in [4.78, 5) is 46.4. The van der Waals surface area contributed by atoms with Gasteiger partial charge in [0.25, 0.3) is 0 Å². The van der Waals surface area contributed by atoms with Crippen LogP contribution in [-0.2, 0) is 31.9 Å². The molecule has 30 heavy (non-hydrogen) atoms. The zero-order valence-electron chi connectivity index (χ0n) is 17.3. The van der Waals surface area contributed by atoms with Crippen molar-refractivity contribution in [3.05, 3.63) is 70.8 Å². The lowest BCUT2D eigenvalue weighted by Crippen LogP contribution is -2.06. The molecule has 2 aromatic carbocycles. The van der Waals surface area contributed by atoms with E-state index in [1.807, 2.05) is 24.3 Å². The van der Waals surface area contributed by atoms with Crippen LogP contribution in [0.1, 0.15) is 57.5 Å². The van der Waals surface area contributed by atoms with E-state index < -0.39 is 11.9 Å². The van der Waals surface area contributed by atoms with Crippen LogP contribution in [0.4, 0.5) is 0 Å². The third-order valence-corrected chi connectivity index (χ3v) is 4.82. The summed E-state index contributed by atoms with van der Waals surface area (Å²) < 4.78 is 9.10. The predicted molar refractivity (Wildman–Crippen MR) is 111 cm³/mol. The number of ketones is 2. The minimum absolute atomic E-state index is 0.0816. The van der Waals surface area contributed by atoms with Gasteiger partial charge in [-0.05, 0) is 24.0 Å². The van der Waals surface area contributed by atoms with E-state index in [4.69, 9.17) is 0 Å². The van der Waals surface area contributed by atoms with Crippen molar-refractivity contribution in [2.24, 2.45) is 0 Å². The van der Waals surface area contributed by atoms with E-state index in [0.717, 1.165) is 24.0 Å². The Hall–Kier alpha value is -3.28. The molecule has 0 saturated heterocycles. The van der Waals surface area contributed by atoms with Crippen molar-refractivity contribution in [3.8, 4) is 0 Å². The predicted octanol–water partition coefficient (Wildman–Crippen LogP) is 3.74. The summed E-state index contributed by atoms with van der Waals surface area (Å²) in [6, 6.07) is 14.8. The Morgan fingerprint density at radius 1 is 0.567 bits per heavy atom. The molecule has 0 fully saturated rings. The molecule has 6 heteroatoms. The summed E-state index contributed by atoms with van der Waals surface area (Å²) in [6.45, 7) is 0. The standard InChI is InChI=1S/C24H26O6/c1-29-23(27)15-13-21(25)19-9-5-17(6-10-19)3-4-18-7-11-20(12-8-18)22(26)14-16-24(28)30-2/h5-12H,3-4,13-16H2,1-2H3. The van der Waals surface area contributed by atoms with Crippen molar-refractivity contribution in [3.63, 3.8) is 0 Å². The summed E-state index contributed by atoms with van der Waals surface area (Å²) >= 11 is 0. The van der Waals surface area contributed by atoms with Crippen LogP contribution in [0.2, 0.25) is 0 Å². The summed E-state index contributed by atoms with van der Waals surface area (Å²) in [5, 5.41) is 0. The molecule has 0 aliphatic carbocycles. The second kappa shape index (κ2) is 11.7. The quantitative estimate of drug-likeness (QED) is 0.414. The van der Waals surface area contributed by atoms with Gasteiger partial charge in [0, 0.05) is 24.0 Å². The maximum Gasteiger partial charge on any atom is 0.305 e. The van der Waals surface area contributed by atoms with Crippen LogP contribution in [0.25, 0.3) is 0 Å². The number of benzene rings is 2. The second-order valence-electron chi connectivity index (χ2n) is 6.89. The summed E-state index contributed by atoms with van der Waals surface area (Å²) in [7, 11) is 2.61. The fourth-order valence-corrected chi connectivity index (χ4v) is 2.93. The Balaban J connectivity index is 1.84. The van der Waals surface area contributed by atoms with Gasteiger partial charge in [0.2, 0.25) is 0 Å². The number of carbonyl (C=O) groups excluding carboxylic acids is 4. The Kier molecular flexibility index (Phi) is 8.94.